The van der Waals surface area contributed by atoms with Gasteiger partial charge in [0.15, 0.2) is 11.5 Å². The summed E-state index contributed by atoms with van der Waals surface area (Å²) in [5, 5.41) is 16.5. The number of hydrogen-bond donors (Lipinski definition) is 2. The minimum atomic E-state index is -0.557. The van der Waals surface area contributed by atoms with Gasteiger partial charge in [-0.15, -0.1) is 0 Å². The first kappa shape index (κ1) is 22.1. The SMILES string of the molecule is Cc1ccc(C(=O)NCC(=O)N[C@H](c2ccc3c(c2)OCCO3)C(C)C)cc1[N+](=O)[O-]. The number of aryl methyl sites for hydroxylation is 1. The van der Waals surface area contributed by atoms with Gasteiger partial charge in [-0.05, 0) is 36.6 Å². The van der Waals surface area contributed by atoms with Gasteiger partial charge >= 0.3 is 0 Å². The lowest BCUT2D eigenvalue weighted by Gasteiger charge is -2.25. The molecule has 1 aliphatic heterocycles. The maximum Gasteiger partial charge on any atom is 0.273 e. The number of nitro benzene ring substituents is 1. The molecular formula is C22H25N3O6. The molecule has 0 aliphatic carbocycles. The third-order valence-electron chi connectivity index (χ3n) is 4.99. The summed E-state index contributed by atoms with van der Waals surface area (Å²) in [7, 11) is 0. The van der Waals surface area contributed by atoms with Crippen molar-refractivity contribution in [2.75, 3.05) is 19.8 Å². The van der Waals surface area contributed by atoms with Crippen molar-refractivity contribution in [1.82, 2.24) is 10.6 Å². The number of benzene rings is 2. The molecule has 0 bridgehead atoms. The van der Waals surface area contributed by atoms with Crippen molar-refractivity contribution < 1.29 is 24.0 Å². The van der Waals surface area contributed by atoms with Crippen LogP contribution in [0.4, 0.5) is 5.69 Å². The van der Waals surface area contributed by atoms with Crippen LogP contribution in [0.2, 0.25) is 0 Å². The average Bonchev–Trinajstić information content (AvgIpc) is 2.75. The molecule has 2 N–H and O–H groups in total. The summed E-state index contributed by atoms with van der Waals surface area (Å²) in [5.41, 5.74) is 1.31. The van der Waals surface area contributed by atoms with Crippen LogP contribution < -0.4 is 20.1 Å². The Balaban J connectivity index is 1.64. The molecule has 2 aromatic rings. The molecule has 9 nitrogen and oxygen atoms in total. The van der Waals surface area contributed by atoms with E-state index in [1.54, 1.807) is 6.92 Å². The number of fused-ring (bicyclic) bond motifs is 1. The second kappa shape index (κ2) is 9.46. The number of nitrogens with one attached hydrogen (secondary N) is 2. The molecule has 2 aromatic carbocycles. The highest BCUT2D eigenvalue weighted by atomic mass is 16.6. The molecule has 1 heterocycles. The van der Waals surface area contributed by atoms with Crippen molar-refractivity contribution in [2.24, 2.45) is 5.92 Å². The molecule has 0 fully saturated rings. The molecule has 0 unspecified atom stereocenters. The molecule has 31 heavy (non-hydrogen) atoms. The summed E-state index contributed by atoms with van der Waals surface area (Å²) >= 11 is 0. The third kappa shape index (κ3) is 5.30. The predicted molar refractivity (Wildman–Crippen MR) is 113 cm³/mol. The van der Waals surface area contributed by atoms with Gasteiger partial charge in [-0.3, -0.25) is 19.7 Å². The summed E-state index contributed by atoms with van der Waals surface area (Å²) in [5.74, 6) is 0.463. The van der Waals surface area contributed by atoms with Gasteiger partial charge in [0, 0.05) is 17.2 Å². The lowest BCUT2D eigenvalue weighted by molar-refractivity contribution is -0.385. The molecule has 2 amide bonds. The minimum absolute atomic E-state index is 0.0851. The van der Waals surface area contributed by atoms with E-state index in [4.69, 9.17) is 9.47 Å². The molecule has 0 spiro atoms. The van der Waals surface area contributed by atoms with Crippen LogP contribution in [-0.4, -0.2) is 36.5 Å². The fraction of sp³-hybridized carbons (Fsp3) is 0.364. The van der Waals surface area contributed by atoms with Crippen LogP contribution >= 0.6 is 0 Å². The van der Waals surface area contributed by atoms with Crippen LogP contribution in [0.3, 0.4) is 0 Å². The fourth-order valence-corrected chi connectivity index (χ4v) is 3.32. The lowest BCUT2D eigenvalue weighted by atomic mass is 9.95. The van der Waals surface area contributed by atoms with Gasteiger partial charge in [0.25, 0.3) is 11.6 Å². The largest absolute Gasteiger partial charge is 0.486 e. The normalized spacial score (nSPS) is 13.4. The van der Waals surface area contributed by atoms with Crippen LogP contribution in [0.1, 0.15) is 41.4 Å². The van der Waals surface area contributed by atoms with E-state index in [-0.39, 0.29) is 35.7 Å². The Morgan fingerprint density at radius 1 is 1.10 bits per heavy atom. The number of amides is 2. The van der Waals surface area contributed by atoms with Gasteiger partial charge in [0.1, 0.15) is 13.2 Å². The number of nitrogens with zero attached hydrogens (tertiary/aromatic N) is 1. The van der Waals surface area contributed by atoms with E-state index in [9.17, 15) is 19.7 Å². The van der Waals surface area contributed by atoms with Crippen LogP contribution in [0.5, 0.6) is 11.5 Å². The first-order chi connectivity index (χ1) is 14.8. The van der Waals surface area contributed by atoms with Gasteiger partial charge < -0.3 is 20.1 Å². The van der Waals surface area contributed by atoms with Crippen molar-refractivity contribution >= 4 is 17.5 Å². The van der Waals surface area contributed by atoms with E-state index in [2.05, 4.69) is 10.6 Å². The first-order valence-electron chi connectivity index (χ1n) is 9.98. The lowest BCUT2D eigenvalue weighted by Crippen LogP contribution is -2.40. The van der Waals surface area contributed by atoms with Crippen molar-refractivity contribution in [3.8, 4) is 11.5 Å². The molecule has 9 heteroatoms. The molecule has 0 aromatic heterocycles. The topological polar surface area (TPSA) is 120 Å². The highest BCUT2D eigenvalue weighted by Crippen LogP contribution is 2.34. The highest BCUT2D eigenvalue weighted by Gasteiger charge is 2.22. The summed E-state index contributed by atoms with van der Waals surface area (Å²) in [4.78, 5) is 35.4. The van der Waals surface area contributed by atoms with Crippen molar-refractivity contribution in [3.63, 3.8) is 0 Å². The Morgan fingerprint density at radius 3 is 2.48 bits per heavy atom. The molecule has 0 radical (unpaired) electrons. The van der Waals surface area contributed by atoms with E-state index in [0.717, 1.165) is 5.56 Å². The van der Waals surface area contributed by atoms with Crippen LogP contribution in [0.15, 0.2) is 36.4 Å². The zero-order valence-corrected chi connectivity index (χ0v) is 17.6. The standard InChI is InChI=1S/C22H25N3O6/c1-13(2)21(15-6-7-18-19(11-15)31-9-8-30-18)24-20(26)12-23-22(27)16-5-4-14(3)17(10-16)25(28)29/h4-7,10-11,13,21H,8-9,12H2,1-3H3,(H,23,27)(H,24,26)/t21-/m0/s1. The number of nitro groups is 1. The first-order valence-corrected chi connectivity index (χ1v) is 9.98. The maximum absolute atomic E-state index is 12.5. The predicted octanol–water partition coefficient (Wildman–Crippen LogP) is 2.92. The molecular weight excluding hydrogens is 402 g/mol. The van der Waals surface area contributed by atoms with Crippen LogP contribution in [-0.2, 0) is 4.79 Å². The quantitative estimate of drug-likeness (QED) is 0.518. The molecule has 164 valence electrons. The smallest absolute Gasteiger partial charge is 0.273 e. The molecule has 1 atom stereocenters. The molecule has 0 saturated carbocycles. The summed E-state index contributed by atoms with van der Waals surface area (Å²) < 4.78 is 11.2. The van der Waals surface area contributed by atoms with Crippen molar-refractivity contribution in [1.29, 1.82) is 0 Å². The Bertz CT molecular complexity index is 1000. The van der Waals surface area contributed by atoms with Gasteiger partial charge in [0.05, 0.1) is 17.5 Å². The van der Waals surface area contributed by atoms with Crippen molar-refractivity contribution in [3.05, 3.63) is 63.2 Å². The number of carbonyl (C=O) groups excluding carboxylic acids is 2. The number of rotatable bonds is 7. The van der Waals surface area contributed by atoms with Crippen LogP contribution in [0.25, 0.3) is 0 Å². The molecule has 1 aliphatic rings. The van der Waals surface area contributed by atoms with Gasteiger partial charge in [-0.1, -0.05) is 26.0 Å². The highest BCUT2D eigenvalue weighted by molar-refractivity contribution is 5.97. The zero-order valence-electron chi connectivity index (χ0n) is 17.6. The summed E-state index contributed by atoms with van der Waals surface area (Å²) in [6.45, 7) is 6.27. The second-order valence-electron chi connectivity index (χ2n) is 7.63. The van der Waals surface area contributed by atoms with E-state index in [0.29, 0.717) is 30.3 Å². The fourth-order valence-electron chi connectivity index (χ4n) is 3.32. The Hall–Kier alpha value is -3.62. The Labute approximate surface area is 179 Å². The molecule has 0 saturated heterocycles. The number of carbonyl (C=O) groups is 2. The summed E-state index contributed by atoms with van der Waals surface area (Å²) in [6, 6.07) is 9.45. The van der Waals surface area contributed by atoms with Gasteiger partial charge in [-0.2, -0.15) is 0 Å². The number of hydrogen-bond acceptors (Lipinski definition) is 6. The van der Waals surface area contributed by atoms with Gasteiger partial charge in [0.2, 0.25) is 5.91 Å². The number of ether oxygens (including phenoxy) is 2. The van der Waals surface area contributed by atoms with Gasteiger partial charge in [-0.25, -0.2) is 0 Å². The van der Waals surface area contributed by atoms with E-state index < -0.39 is 10.8 Å². The minimum Gasteiger partial charge on any atom is -0.486 e. The summed E-state index contributed by atoms with van der Waals surface area (Å²) in [6.07, 6.45) is 0. The molecule has 3 rings (SSSR count). The van der Waals surface area contributed by atoms with Crippen LogP contribution in [0, 0.1) is 23.0 Å². The Kier molecular flexibility index (Phi) is 6.74. The zero-order chi connectivity index (χ0) is 22.5. The van der Waals surface area contributed by atoms with E-state index >= 15 is 0 Å². The third-order valence-corrected chi connectivity index (χ3v) is 4.99. The monoisotopic (exact) mass is 427 g/mol. The maximum atomic E-state index is 12.5. The Morgan fingerprint density at radius 2 is 1.81 bits per heavy atom. The average molecular weight is 427 g/mol. The van der Waals surface area contributed by atoms with E-state index in [1.807, 2.05) is 32.0 Å². The van der Waals surface area contributed by atoms with E-state index in [1.165, 1.54) is 18.2 Å². The van der Waals surface area contributed by atoms with Crippen molar-refractivity contribution in [2.45, 2.75) is 26.8 Å². The second-order valence-corrected chi connectivity index (χ2v) is 7.63.